The average Bonchev–Trinajstić information content (AvgIpc) is 1.70. The Kier molecular flexibility index (Phi) is 37.7. The van der Waals surface area contributed by atoms with Gasteiger partial charge in [-0.2, -0.15) is 0 Å². The Bertz CT molecular complexity index is 6020. The van der Waals surface area contributed by atoms with E-state index in [1.54, 1.807) is 24.3 Å². The maximum absolute atomic E-state index is 15.8. The summed E-state index contributed by atoms with van der Waals surface area (Å²) in [7, 11) is 0. The molecular formula is C118H117Cl3N2O22. The van der Waals surface area contributed by atoms with Crippen molar-refractivity contribution >= 4 is 52.5 Å². The highest BCUT2D eigenvalue weighted by Crippen LogP contribution is 2.44. The molecule has 0 aromatic heterocycles. The zero-order valence-electron chi connectivity index (χ0n) is 79.9. The Labute approximate surface area is 860 Å². The zero-order chi connectivity index (χ0) is 99.1. The number of halogens is 3. The lowest BCUT2D eigenvalue weighted by atomic mass is 9.93. The van der Waals surface area contributed by atoms with E-state index in [4.69, 9.17) is 130 Å². The summed E-state index contributed by atoms with van der Waals surface area (Å²) in [6.45, 7) is -0.535. The monoisotopic (exact) mass is 2020 g/mol. The highest BCUT2D eigenvalue weighted by molar-refractivity contribution is 6.76. The molecule has 4 fully saturated rings. The van der Waals surface area contributed by atoms with Crippen LogP contribution in [0.15, 0.2) is 388 Å². The fourth-order valence-corrected chi connectivity index (χ4v) is 18.6. The van der Waals surface area contributed by atoms with Crippen molar-refractivity contribution in [1.82, 2.24) is 4.90 Å². The molecule has 5 aliphatic heterocycles. The molecule has 0 saturated carbocycles. The van der Waals surface area contributed by atoms with Crippen molar-refractivity contribution in [3.63, 3.8) is 0 Å². The van der Waals surface area contributed by atoms with E-state index < -0.39 is 151 Å². The molecule has 0 spiro atoms. The zero-order valence-corrected chi connectivity index (χ0v) is 82.1. The summed E-state index contributed by atoms with van der Waals surface area (Å²) < 4.78 is 147. The van der Waals surface area contributed by atoms with Crippen molar-refractivity contribution in [3.05, 3.63) is 466 Å². The van der Waals surface area contributed by atoms with Gasteiger partial charge in [0.1, 0.15) is 97.6 Å². The van der Waals surface area contributed by atoms with Gasteiger partial charge >= 0.3 is 0 Å². The number of carbonyl (C=O) groups excluding carboxylic acids is 2. The van der Waals surface area contributed by atoms with Gasteiger partial charge in [-0.3, -0.25) is 19.9 Å². The van der Waals surface area contributed by atoms with Crippen molar-refractivity contribution in [1.29, 1.82) is 5.41 Å². The first kappa shape index (κ1) is 104. The van der Waals surface area contributed by atoms with E-state index >= 15 is 9.59 Å². The Balaban J connectivity index is 0.832. The molecule has 5 heterocycles. The first-order chi connectivity index (χ1) is 71.3. The van der Waals surface area contributed by atoms with Crippen molar-refractivity contribution in [2.75, 3.05) is 26.4 Å². The lowest BCUT2D eigenvalue weighted by Gasteiger charge is -2.52. The highest BCUT2D eigenvalue weighted by Gasteiger charge is 2.61. The molecule has 13 aromatic rings. The standard InChI is InChI=1S/C118H117Cl3N2O22/c119-118(120,121)117(122)145-113-99(123-111(124)93-63-37-38-64-94(93)112(123)125)104(132-71-87-51-25-7-26-52-87)103(97(139-113)79-128-67-83-43-17-3-18-44-83)143-116-110(137-76-92-61-35-12-36-62-92)107(144-115-109(136-75-91-59-33-11-34-60-91)106(134-73-89-55-29-9-30-56-89)101(130-69-85-47-21-5-22-48-85)96(141-115)78-127-66-82-41-15-2-16-42-82)102(131-70-86-49-23-6-24-50-86)98(142-116)80-138-114-108(135-74-90-57-31-10-32-58-90)105(133-72-88-53-27-8-28-54-88)100(129-68-84-45-19-4-20-46-84)95(140-114)77-126-65-81-39-13-1-14-40-81/h1-64,95-110,113-116,122H,65-80H2/t95-,96-,97-,98-,99-,100-,101-,102-,103-,104-,105+,106+,107+,108+,109+,110+,113+,114+,115-,116+/m1/s1. The summed E-state index contributed by atoms with van der Waals surface area (Å²) in [6, 6.07) is 121. The topological polar surface area (TPSA) is 246 Å². The summed E-state index contributed by atoms with van der Waals surface area (Å²) >= 11 is 19.9. The summed E-state index contributed by atoms with van der Waals surface area (Å²) in [6.07, 6.45) is -25.4. The summed E-state index contributed by atoms with van der Waals surface area (Å²) in [5.41, 5.74) is 9.95. The first-order valence-corrected chi connectivity index (χ1v) is 50.0. The third kappa shape index (κ3) is 28.5. The fourth-order valence-electron chi connectivity index (χ4n) is 18.5. The van der Waals surface area contributed by atoms with Crippen LogP contribution in [0.1, 0.15) is 87.5 Å². The number of fused-ring (bicyclic) bond motifs is 1. The number of rotatable bonds is 48. The molecule has 752 valence electrons. The van der Waals surface area contributed by atoms with Gasteiger partial charge in [-0.05, 0) is 78.9 Å². The molecule has 13 aromatic carbocycles. The van der Waals surface area contributed by atoms with E-state index in [0.29, 0.717) is 11.1 Å². The molecule has 27 heteroatoms. The van der Waals surface area contributed by atoms with Crippen LogP contribution in [0.2, 0.25) is 0 Å². The van der Waals surface area contributed by atoms with E-state index in [1.165, 1.54) is 0 Å². The molecule has 0 unspecified atom stereocenters. The van der Waals surface area contributed by atoms with Crippen LogP contribution in [0.4, 0.5) is 0 Å². The van der Waals surface area contributed by atoms with Crippen molar-refractivity contribution in [2.45, 2.75) is 206 Å². The summed E-state index contributed by atoms with van der Waals surface area (Å²) in [4.78, 5) is 32.7. The molecule has 4 saturated heterocycles. The van der Waals surface area contributed by atoms with Gasteiger partial charge < -0.3 is 94.7 Å². The Morgan fingerprint density at radius 1 is 0.234 bits per heavy atom. The third-order valence-electron chi connectivity index (χ3n) is 25.8. The minimum atomic E-state index is -2.54. The predicted octanol–water partition coefficient (Wildman–Crippen LogP) is 20.6. The minimum absolute atomic E-state index is 0.000351. The number of amides is 2. The van der Waals surface area contributed by atoms with Crippen molar-refractivity contribution in [3.8, 4) is 0 Å². The minimum Gasteiger partial charge on any atom is -0.446 e. The number of benzene rings is 13. The molecule has 0 bridgehead atoms. The van der Waals surface area contributed by atoms with Gasteiger partial charge in [0.2, 0.25) is 12.2 Å². The quantitative estimate of drug-likeness (QED) is 0.0161. The largest absolute Gasteiger partial charge is 0.446 e. The van der Waals surface area contributed by atoms with Crippen LogP contribution in [-0.2, 0) is 174 Å². The lowest BCUT2D eigenvalue weighted by Crippen LogP contribution is -2.70. The van der Waals surface area contributed by atoms with E-state index in [2.05, 4.69) is 0 Å². The van der Waals surface area contributed by atoms with Crippen LogP contribution in [0.5, 0.6) is 0 Å². The van der Waals surface area contributed by atoms with E-state index in [9.17, 15) is 5.41 Å². The number of imide groups is 1. The summed E-state index contributed by atoms with van der Waals surface area (Å²) in [5.74, 6) is -2.45. The van der Waals surface area contributed by atoms with E-state index in [1.807, 2.05) is 364 Å². The number of ether oxygens (including phenoxy) is 20. The van der Waals surface area contributed by atoms with Crippen LogP contribution in [0.3, 0.4) is 0 Å². The van der Waals surface area contributed by atoms with Crippen LogP contribution in [-0.4, -0.2) is 176 Å². The smallest absolute Gasteiger partial charge is 0.265 e. The van der Waals surface area contributed by atoms with E-state index in [0.717, 1.165) is 60.5 Å². The second-order valence-corrected chi connectivity index (χ2v) is 38.3. The second kappa shape index (κ2) is 52.8. The predicted molar refractivity (Wildman–Crippen MR) is 544 cm³/mol. The normalized spacial score (nSPS) is 24.8. The maximum Gasteiger partial charge on any atom is 0.265 e. The Morgan fingerprint density at radius 2 is 0.448 bits per heavy atom. The van der Waals surface area contributed by atoms with Crippen LogP contribution in [0, 0.1) is 5.41 Å². The van der Waals surface area contributed by atoms with Gasteiger partial charge in [0.05, 0.1) is 117 Å². The lowest BCUT2D eigenvalue weighted by molar-refractivity contribution is -0.395. The van der Waals surface area contributed by atoms with Crippen molar-refractivity contribution in [2.24, 2.45) is 0 Å². The first-order valence-electron chi connectivity index (χ1n) is 48.9. The average molecular weight is 2020 g/mol. The molecule has 24 nitrogen and oxygen atoms in total. The molecular weight excluding hydrogens is 1900 g/mol. The molecule has 2 amide bonds. The Morgan fingerprint density at radius 3 is 0.745 bits per heavy atom. The molecule has 1 N–H and O–H groups in total. The van der Waals surface area contributed by atoms with Gasteiger partial charge in [0.15, 0.2) is 18.9 Å². The number of alkyl halides is 3. The van der Waals surface area contributed by atoms with Crippen LogP contribution >= 0.6 is 34.8 Å². The molecule has 20 atom stereocenters. The number of hydrogen-bond donors (Lipinski definition) is 1. The van der Waals surface area contributed by atoms with Gasteiger partial charge in [-0.25, -0.2) is 0 Å². The second-order valence-electron chi connectivity index (χ2n) is 36.0. The fraction of sp³-hybridized carbons (Fsp3) is 0.314. The van der Waals surface area contributed by atoms with Crippen molar-refractivity contribution < 1.29 is 104 Å². The molecule has 18 rings (SSSR count). The number of carbonyl (C=O) groups is 2. The Hall–Kier alpha value is -11.4. The van der Waals surface area contributed by atoms with Gasteiger partial charge in [-0.15, -0.1) is 0 Å². The number of hydrogen-bond acceptors (Lipinski definition) is 23. The summed E-state index contributed by atoms with van der Waals surface area (Å²) in [5, 5.41) is 9.40. The number of nitrogens with one attached hydrogen (secondary N) is 1. The van der Waals surface area contributed by atoms with Gasteiger partial charge in [0.25, 0.3) is 15.6 Å². The van der Waals surface area contributed by atoms with Crippen LogP contribution < -0.4 is 0 Å². The highest BCUT2D eigenvalue weighted by atomic mass is 35.6. The number of nitrogens with zero attached hydrogens (tertiary/aromatic N) is 1. The molecule has 0 radical (unpaired) electrons. The van der Waals surface area contributed by atoms with E-state index in [-0.39, 0.29) is 110 Å². The molecule has 0 aliphatic carbocycles. The third-order valence-corrected chi connectivity index (χ3v) is 26.3. The maximum atomic E-state index is 15.8. The van der Waals surface area contributed by atoms with Gasteiger partial charge in [-0.1, -0.05) is 411 Å². The molecule has 145 heavy (non-hydrogen) atoms. The molecule has 5 aliphatic rings. The van der Waals surface area contributed by atoms with Gasteiger partial charge in [0, 0.05) is 0 Å². The SMILES string of the molecule is N=C(O[C@@H]1O[C@H](COCc2ccccc2)[C@@H](O[C@@H]2O[C@H](CO[C@H]3O[C@H](COCc4ccccc4)[C@@H](OCc4ccccc4)[C@H](OCc4ccccc4)[C@@H]3OCc3ccccc3)[C@@H](OCc3ccccc3)[C@H](O[C@H]3O[C@H](COCc4ccccc4)[C@@H](OCc4ccccc4)[C@H](OCc4ccccc4)[C@@H]3OCc3ccccc3)[C@@H]2OCc2ccccc2)[C@H](OCc2ccccc2)[C@H]1N1C(=O)c2ccccc2C1=O)C(Cl)(Cl)Cl. The van der Waals surface area contributed by atoms with Crippen LogP contribution in [0.25, 0.3) is 0 Å².